The van der Waals surface area contributed by atoms with Crippen molar-refractivity contribution >= 4 is 38.0 Å². The number of hydrogen-bond donors (Lipinski definition) is 1. The zero-order chi connectivity index (χ0) is 32.3. The lowest BCUT2D eigenvalue weighted by molar-refractivity contribution is -0.137. The Kier molecular flexibility index (Phi) is 10.0. The first-order chi connectivity index (χ1) is 20.5. The summed E-state index contributed by atoms with van der Waals surface area (Å²) >= 11 is 0. The summed E-state index contributed by atoms with van der Waals surface area (Å²) in [6, 6.07) is 13.6. The molecule has 0 atom stereocenters. The number of unbranched alkanes of at least 4 members (excludes halogenated alkanes) is 2. The third-order valence-corrected chi connectivity index (χ3v) is 9.52. The summed E-state index contributed by atoms with van der Waals surface area (Å²) in [4.78, 5) is 12.5. The molecule has 1 heterocycles. The van der Waals surface area contributed by atoms with E-state index in [1.807, 2.05) is 40.8 Å². The first-order valence-electron chi connectivity index (χ1n) is 14.4. The fraction of sp³-hybridized carbons (Fsp3) is 0.419. The highest BCUT2D eigenvalue weighted by Crippen LogP contribution is 2.43. The maximum absolute atomic E-state index is 11.4. The van der Waals surface area contributed by atoms with Crippen LogP contribution in [0.4, 0.5) is 5.69 Å². The molecule has 0 amide bonds. The summed E-state index contributed by atoms with van der Waals surface area (Å²) in [6.07, 6.45) is 4.81. The topological polar surface area (TPSA) is 171 Å². The summed E-state index contributed by atoms with van der Waals surface area (Å²) in [5.74, 6) is -0.0283. The Morgan fingerprint density at radius 3 is 2.30 bits per heavy atom. The predicted molar refractivity (Wildman–Crippen MR) is 164 cm³/mol. The Labute approximate surface area is 258 Å². The minimum atomic E-state index is -4.55. The summed E-state index contributed by atoms with van der Waals surface area (Å²) < 4.78 is 76.1. The Morgan fingerprint density at radius 2 is 1.66 bits per heavy atom. The highest BCUT2D eigenvalue weighted by molar-refractivity contribution is 7.86. The van der Waals surface area contributed by atoms with Crippen molar-refractivity contribution in [2.45, 2.75) is 62.7 Å². The van der Waals surface area contributed by atoms with Crippen molar-refractivity contribution < 1.29 is 40.3 Å². The van der Waals surface area contributed by atoms with Gasteiger partial charge in [0, 0.05) is 66.7 Å². The molecule has 13 heteroatoms. The standard InChI is InChI=1S/C31H38N2O9S2/c1-31(2)21-25(32(3)23-11-13-26(14-12-23)44(39,40)41)20-29-27(31)18-22-9-10-24(19-28(22)42-29)33(16-7-17-43(36,37)38)15-6-4-5-8-30(34)35/h9-14,18-20H,4-8,15-17,21H2,1-3H3,(H2-,34,35,36,37,38,39,40,41)/p-1. The van der Waals surface area contributed by atoms with E-state index >= 15 is 0 Å². The summed E-state index contributed by atoms with van der Waals surface area (Å²) in [5, 5.41) is 9.71. The summed E-state index contributed by atoms with van der Waals surface area (Å²) in [6.45, 7) is 5.13. The first kappa shape index (κ1) is 33.4. The smallest absolute Gasteiger partial charge is 0.303 e. The van der Waals surface area contributed by atoms with Crippen LogP contribution >= 0.6 is 0 Å². The number of rotatable bonds is 13. The van der Waals surface area contributed by atoms with Gasteiger partial charge in [-0.15, -0.1) is 0 Å². The molecule has 3 aliphatic rings. The molecule has 0 bridgehead atoms. The summed E-state index contributed by atoms with van der Waals surface area (Å²) in [5.41, 5.74) is 3.27. The van der Waals surface area contributed by atoms with Crippen molar-refractivity contribution in [1.82, 2.24) is 4.58 Å². The SMILES string of the molecule is CN(C1=Cc2oc3cc(=[N+](CCCCCC(=O)O)CCCS(=O)(=O)[O-])ccc-3cc2C(C)(C)C1)c1ccc(S(=O)(=O)[O-])cc1. The van der Waals surface area contributed by atoms with Gasteiger partial charge in [-0.05, 0) is 61.1 Å². The monoisotopic (exact) mass is 645 g/mol. The molecule has 0 aromatic heterocycles. The van der Waals surface area contributed by atoms with Gasteiger partial charge in [0.1, 0.15) is 34.7 Å². The summed E-state index contributed by atoms with van der Waals surface area (Å²) in [7, 11) is -7.03. The molecular weight excluding hydrogens is 608 g/mol. The van der Waals surface area contributed by atoms with Crippen LogP contribution in [-0.4, -0.2) is 62.9 Å². The molecule has 4 rings (SSSR count). The lowest BCUT2D eigenvalue weighted by Crippen LogP contribution is -2.33. The Balaban J connectivity index is 1.70. The van der Waals surface area contributed by atoms with Gasteiger partial charge in [0.15, 0.2) is 0 Å². The molecule has 1 aromatic carbocycles. The molecule has 11 nitrogen and oxygen atoms in total. The molecule has 44 heavy (non-hydrogen) atoms. The molecule has 2 aliphatic carbocycles. The number of allylic oxidation sites excluding steroid dienone is 1. The second-order valence-corrected chi connectivity index (χ2v) is 14.7. The predicted octanol–water partition coefficient (Wildman–Crippen LogP) is 3.80. The molecule has 0 unspecified atom stereocenters. The number of fused-ring (bicyclic) bond motifs is 2. The molecule has 1 N–H and O–H groups in total. The largest absolute Gasteiger partial charge is 0.748 e. The number of aliphatic carboxylic acids is 1. The quantitative estimate of drug-likeness (QED) is 0.164. The van der Waals surface area contributed by atoms with E-state index in [0.29, 0.717) is 56.0 Å². The lowest BCUT2D eigenvalue weighted by Gasteiger charge is -2.36. The number of carboxylic acids is 1. The molecule has 1 aromatic rings. The van der Waals surface area contributed by atoms with Crippen molar-refractivity contribution in [3.63, 3.8) is 0 Å². The highest BCUT2D eigenvalue weighted by atomic mass is 32.2. The molecule has 0 saturated heterocycles. The Hall–Kier alpha value is -3.52. The highest BCUT2D eigenvalue weighted by Gasteiger charge is 2.33. The van der Waals surface area contributed by atoms with E-state index in [1.165, 1.54) is 12.1 Å². The minimum Gasteiger partial charge on any atom is -0.748 e. The van der Waals surface area contributed by atoms with Gasteiger partial charge in [0.2, 0.25) is 5.36 Å². The fourth-order valence-corrected chi connectivity index (χ4v) is 6.44. The van der Waals surface area contributed by atoms with E-state index in [0.717, 1.165) is 22.2 Å². The third-order valence-electron chi connectivity index (χ3n) is 7.88. The number of hydrogen-bond acceptors (Lipinski definition) is 9. The van der Waals surface area contributed by atoms with Crippen LogP contribution < -0.4 is 14.8 Å². The van der Waals surface area contributed by atoms with Gasteiger partial charge in [-0.3, -0.25) is 4.79 Å². The molecule has 0 fully saturated rings. The van der Waals surface area contributed by atoms with Crippen LogP contribution in [0.25, 0.3) is 17.4 Å². The van der Waals surface area contributed by atoms with Crippen LogP contribution in [0.2, 0.25) is 0 Å². The molecular formula is C31H37N2O9S2-. The number of carbonyl (C=O) groups is 1. The number of benzene rings is 2. The van der Waals surface area contributed by atoms with Crippen LogP contribution in [0, 0.1) is 0 Å². The van der Waals surface area contributed by atoms with Gasteiger partial charge in [0.05, 0.1) is 21.1 Å². The van der Waals surface area contributed by atoms with Crippen molar-refractivity contribution in [3.05, 3.63) is 70.9 Å². The van der Waals surface area contributed by atoms with Gasteiger partial charge in [0.25, 0.3) is 0 Å². The average molecular weight is 646 g/mol. The maximum Gasteiger partial charge on any atom is 0.303 e. The second kappa shape index (κ2) is 13.2. The zero-order valence-electron chi connectivity index (χ0n) is 25.0. The molecule has 0 radical (unpaired) electrons. The fourth-order valence-electron chi connectivity index (χ4n) is 5.49. The Bertz CT molecular complexity index is 1810. The van der Waals surface area contributed by atoms with Gasteiger partial charge >= 0.3 is 5.97 Å². The Morgan fingerprint density at radius 1 is 0.977 bits per heavy atom. The number of nitrogens with zero attached hydrogens (tertiary/aromatic N) is 2. The van der Waals surface area contributed by atoms with E-state index in [2.05, 4.69) is 19.9 Å². The molecule has 238 valence electrons. The second-order valence-electron chi connectivity index (χ2n) is 11.8. The molecule has 0 spiro atoms. The molecule has 0 saturated carbocycles. The maximum atomic E-state index is 11.4. The van der Waals surface area contributed by atoms with E-state index in [-0.39, 0.29) is 23.2 Å². The van der Waals surface area contributed by atoms with Crippen LogP contribution in [0.15, 0.2) is 63.5 Å². The van der Waals surface area contributed by atoms with E-state index < -0.39 is 32.0 Å². The first-order valence-corrected chi connectivity index (χ1v) is 17.3. The van der Waals surface area contributed by atoms with Gasteiger partial charge in [-0.2, -0.15) is 0 Å². The average Bonchev–Trinajstić information content (AvgIpc) is 2.93. The van der Waals surface area contributed by atoms with Gasteiger partial charge in [-0.25, -0.2) is 21.4 Å². The minimum absolute atomic E-state index is 0.0861. The van der Waals surface area contributed by atoms with Crippen LogP contribution in [0.5, 0.6) is 0 Å². The lowest BCUT2D eigenvalue weighted by atomic mass is 9.75. The third kappa shape index (κ3) is 8.56. The van der Waals surface area contributed by atoms with Crippen molar-refractivity contribution in [3.8, 4) is 11.3 Å². The van der Waals surface area contributed by atoms with E-state index in [1.54, 1.807) is 12.1 Å². The van der Waals surface area contributed by atoms with Gasteiger partial charge in [-0.1, -0.05) is 13.8 Å². The van der Waals surface area contributed by atoms with Crippen LogP contribution in [0.1, 0.15) is 63.7 Å². The van der Waals surface area contributed by atoms with Crippen LogP contribution in [-0.2, 0) is 30.4 Å². The normalized spacial score (nSPS) is 15.4. The van der Waals surface area contributed by atoms with Crippen molar-refractivity contribution in [2.24, 2.45) is 0 Å². The van der Waals surface area contributed by atoms with Crippen LogP contribution in [0.3, 0.4) is 0 Å². The zero-order valence-corrected chi connectivity index (χ0v) is 26.6. The van der Waals surface area contributed by atoms with Gasteiger partial charge < -0.3 is 23.5 Å². The van der Waals surface area contributed by atoms with Crippen molar-refractivity contribution in [2.75, 3.05) is 30.8 Å². The number of carboxylic acid groups (broad SMARTS) is 1. The number of anilines is 1. The molecule has 1 aliphatic heterocycles. The van der Waals surface area contributed by atoms with E-state index in [9.17, 15) is 30.7 Å². The van der Waals surface area contributed by atoms with Crippen molar-refractivity contribution in [1.29, 1.82) is 0 Å². The van der Waals surface area contributed by atoms with E-state index in [4.69, 9.17) is 9.52 Å².